The maximum Gasteiger partial charge on any atom is 0.330 e. The second-order valence-electron chi connectivity index (χ2n) is 10.4. The van der Waals surface area contributed by atoms with Gasteiger partial charge in [0.25, 0.3) is 13.9 Å². The van der Waals surface area contributed by atoms with E-state index < -0.39 is 38.0 Å². The summed E-state index contributed by atoms with van der Waals surface area (Å²) < 4.78 is 26.8. The van der Waals surface area contributed by atoms with Crippen LogP contribution in [0.4, 0.5) is 0 Å². The van der Waals surface area contributed by atoms with E-state index in [0.29, 0.717) is 17.1 Å². The van der Waals surface area contributed by atoms with Crippen molar-refractivity contribution in [3.8, 4) is 11.5 Å². The number of ether oxygens (including phenoxy) is 2. The van der Waals surface area contributed by atoms with Crippen molar-refractivity contribution < 1.29 is 20.1 Å². The molecule has 2 aromatic rings. The van der Waals surface area contributed by atoms with Gasteiger partial charge in [0, 0.05) is 36.1 Å². The van der Waals surface area contributed by atoms with Crippen molar-refractivity contribution >= 4 is 37.7 Å². The predicted molar refractivity (Wildman–Crippen MR) is 152 cm³/mol. The highest BCUT2D eigenvalue weighted by molar-refractivity contribution is 6.74. The molecule has 212 valence electrons. The van der Waals surface area contributed by atoms with E-state index in [1.165, 1.54) is 24.1 Å². The maximum atomic E-state index is 12.4. The first-order valence-corrected chi connectivity index (χ1v) is 15.6. The molecule has 0 aliphatic carbocycles. The zero-order chi connectivity index (χ0) is 29.8. The van der Waals surface area contributed by atoms with Crippen molar-refractivity contribution in [2.75, 3.05) is 7.11 Å². The zero-order valence-electron chi connectivity index (χ0n) is 23.5. The molecular weight excluding hydrogens is 567 g/mol. The molecule has 0 spiro atoms. The minimum atomic E-state index is -2.29. The SMILES string of the molecule is [2H]C[C@H]1O[C@@H](n2cc(CN=[N+]=[N-])c(=O)[nH]c2=O)C[C@H]1O/N=C/c1c(Cl)cc(OC)c(O[Si](C)(C)C(C)(C)C)c1Cl. The van der Waals surface area contributed by atoms with Crippen LogP contribution in [-0.4, -0.2) is 43.4 Å². The lowest BCUT2D eigenvalue weighted by atomic mass is 10.2. The minimum Gasteiger partial charge on any atom is -0.540 e. The Labute approximate surface area is 238 Å². The van der Waals surface area contributed by atoms with Gasteiger partial charge in [-0.25, -0.2) is 4.79 Å². The quantitative estimate of drug-likeness (QED) is 0.0963. The Bertz CT molecular complexity index is 1440. The van der Waals surface area contributed by atoms with Gasteiger partial charge in [-0.2, -0.15) is 0 Å². The fourth-order valence-corrected chi connectivity index (χ4v) is 5.13. The summed E-state index contributed by atoms with van der Waals surface area (Å²) in [5.74, 6) is 0.759. The first-order valence-electron chi connectivity index (χ1n) is 12.7. The summed E-state index contributed by atoms with van der Waals surface area (Å²) >= 11 is 13.2. The first kappa shape index (κ1) is 29.0. The average molecular weight is 601 g/mol. The van der Waals surface area contributed by atoms with E-state index in [2.05, 4.69) is 54.0 Å². The Morgan fingerprint density at radius 1 is 1.38 bits per heavy atom. The largest absolute Gasteiger partial charge is 0.540 e. The third kappa shape index (κ3) is 6.79. The van der Waals surface area contributed by atoms with E-state index in [9.17, 15) is 9.59 Å². The number of rotatable bonds is 9. The number of H-pyrrole nitrogens is 1. The molecule has 1 aliphatic rings. The first-order chi connectivity index (χ1) is 18.7. The summed E-state index contributed by atoms with van der Waals surface area (Å²) in [6, 6.07) is 1.59. The van der Waals surface area contributed by atoms with Crippen LogP contribution in [0.3, 0.4) is 0 Å². The number of nitrogens with one attached hydrogen (secondary N) is 1. The number of oxime groups is 1. The van der Waals surface area contributed by atoms with Crippen molar-refractivity contribution in [1.29, 1.82) is 0 Å². The number of azide groups is 1. The number of hydrogen-bond donors (Lipinski definition) is 1. The second-order valence-corrected chi connectivity index (χ2v) is 15.9. The summed E-state index contributed by atoms with van der Waals surface area (Å²) in [6.45, 7) is 10.1. The molecule has 1 aromatic carbocycles. The fourth-order valence-electron chi connectivity index (χ4n) is 3.48. The Morgan fingerprint density at radius 2 is 2.10 bits per heavy atom. The second kappa shape index (κ2) is 12.1. The van der Waals surface area contributed by atoms with E-state index in [1.54, 1.807) is 6.07 Å². The Balaban J connectivity index is 1.85. The topological polar surface area (TPSA) is 153 Å². The highest BCUT2D eigenvalue weighted by Crippen LogP contribution is 2.46. The number of methoxy groups -OCH3 is 1. The van der Waals surface area contributed by atoms with Gasteiger partial charge in [-0.3, -0.25) is 14.3 Å². The van der Waals surface area contributed by atoms with Gasteiger partial charge >= 0.3 is 5.69 Å². The van der Waals surface area contributed by atoms with E-state index in [1.807, 2.05) is 0 Å². The summed E-state index contributed by atoms with van der Waals surface area (Å²) in [7, 11) is -0.783. The van der Waals surface area contributed by atoms with Gasteiger partial charge in [0.2, 0.25) is 0 Å². The fraction of sp³-hybridized carbons (Fsp3) is 0.542. The van der Waals surface area contributed by atoms with E-state index >= 15 is 0 Å². The van der Waals surface area contributed by atoms with Crippen LogP contribution >= 0.6 is 23.2 Å². The molecule has 3 atom stereocenters. The molecule has 1 fully saturated rings. The summed E-state index contributed by atoms with van der Waals surface area (Å²) in [5.41, 5.74) is 7.63. The van der Waals surface area contributed by atoms with Crippen molar-refractivity contribution in [2.24, 2.45) is 10.3 Å². The monoisotopic (exact) mass is 599 g/mol. The molecule has 0 amide bonds. The molecule has 1 saturated heterocycles. The van der Waals surface area contributed by atoms with Crippen LogP contribution in [0.2, 0.25) is 28.2 Å². The van der Waals surface area contributed by atoms with Crippen LogP contribution in [0.25, 0.3) is 10.4 Å². The third-order valence-electron chi connectivity index (χ3n) is 6.77. The van der Waals surface area contributed by atoms with Gasteiger partial charge in [-0.05, 0) is 30.6 Å². The summed E-state index contributed by atoms with van der Waals surface area (Å²) in [4.78, 5) is 34.9. The Morgan fingerprint density at radius 3 is 2.72 bits per heavy atom. The number of hydrogen-bond acceptors (Lipinski definition) is 8. The highest BCUT2D eigenvalue weighted by Gasteiger charge is 2.40. The van der Waals surface area contributed by atoms with Crippen molar-refractivity contribution in [2.45, 2.75) is 77.2 Å². The normalized spacial score (nSPS) is 20.0. The van der Waals surface area contributed by atoms with Crippen LogP contribution in [0.15, 0.2) is 32.1 Å². The molecule has 3 rings (SSSR count). The van der Waals surface area contributed by atoms with E-state index in [0.717, 1.165) is 0 Å². The zero-order valence-corrected chi connectivity index (χ0v) is 25.0. The van der Waals surface area contributed by atoms with Crippen LogP contribution in [0.1, 0.15) is 52.8 Å². The molecule has 0 unspecified atom stereocenters. The highest BCUT2D eigenvalue weighted by atomic mass is 35.5. The number of aromatic nitrogens is 2. The standard InChI is InChI=1S/C24H32Cl2N6O6Si/c1-13-17(9-19(36-13)32-12-14(10-28-31-27)22(33)30-23(32)34)37-29-11-15-16(25)8-18(35-5)21(20(15)26)38-39(6,7)24(2,3)4/h8,11-13,17,19H,9-10H2,1-7H3,(H,30,33,34)/b29-11+/t13-,17-,19-/m1/s1/i1D. The molecule has 39 heavy (non-hydrogen) atoms. The van der Waals surface area contributed by atoms with Crippen LogP contribution in [-0.2, 0) is 16.1 Å². The molecule has 1 aliphatic heterocycles. The number of aromatic amines is 1. The molecule has 15 heteroatoms. The molecule has 0 saturated carbocycles. The Hall–Kier alpha value is -2.96. The van der Waals surface area contributed by atoms with Gasteiger partial charge in [-0.15, -0.1) is 0 Å². The van der Waals surface area contributed by atoms with Crippen molar-refractivity contribution in [1.82, 2.24) is 9.55 Å². The molecule has 2 heterocycles. The van der Waals surface area contributed by atoms with Gasteiger partial charge in [0.05, 0.1) is 36.0 Å². The van der Waals surface area contributed by atoms with E-state index in [-0.39, 0.29) is 40.5 Å². The van der Waals surface area contributed by atoms with Crippen molar-refractivity contribution in [3.05, 3.63) is 64.7 Å². The lowest BCUT2D eigenvalue weighted by molar-refractivity contribution is -0.0282. The van der Waals surface area contributed by atoms with Crippen molar-refractivity contribution in [3.63, 3.8) is 0 Å². The molecule has 1 N–H and O–H groups in total. The summed E-state index contributed by atoms with van der Waals surface area (Å²) in [5, 5.41) is 7.82. The van der Waals surface area contributed by atoms with Gasteiger partial charge < -0.3 is 18.7 Å². The number of nitrogens with zero attached hydrogens (tertiary/aromatic N) is 5. The smallest absolute Gasteiger partial charge is 0.330 e. The van der Waals surface area contributed by atoms with Crippen LogP contribution in [0, 0.1) is 0 Å². The Kier molecular flexibility index (Phi) is 8.97. The third-order valence-corrected chi connectivity index (χ3v) is 11.8. The predicted octanol–water partition coefficient (Wildman–Crippen LogP) is 5.77. The molecule has 1 aromatic heterocycles. The summed E-state index contributed by atoms with van der Waals surface area (Å²) in [6.07, 6.45) is 0.507. The van der Waals surface area contributed by atoms with Crippen LogP contribution in [0.5, 0.6) is 11.5 Å². The lowest BCUT2D eigenvalue weighted by Gasteiger charge is -2.37. The molecule has 12 nitrogen and oxygen atoms in total. The molecule has 0 radical (unpaired) electrons. The molecular formula is C24H32Cl2N6O6Si. The number of benzene rings is 1. The van der Waals surface area contributed by atoms with Gasteiger partial charge in [0.15, 0.2) is 17.6 Å². The minimum absolute atomic E-state index is 0.0883. The number of halogens is 2. The maximum absolute atomic E-state index is 12.4. The van der Waals surface area contributed by atoms with E-state index in [4.69, 9.17) is 48.8 Å². The van der Waals surface area contributed by atoms with Crippen LogP contribution < -0.4 is 20.4 Å². The molecule has 0 bridgehead atoms. The lowest BCUT2D eigenvalue weighted by Crippen LogP contribution is -2.44. The van der Waals surface area contributed by atoms with Gasteiger partial charge in [-0.1, -0.05) is 54.2 Å². The average Bonchev–Trinajstić information content (AvgIpc) is 3.29. The van der Waals surface area contributed by atoms with Gasteiger partial charge in [0.1, 0.15) is 6.23 Å².